The molecular formula is C15H24N4OS. The number of nitrogens with two attached hydrogens (primary N) is 1. The Bertz CT molecular complexity index is 526. The van der Waals surface area contributed by atoms with Gasteiger partial charge in [0.15, 0.2) is 5.13 Å². The lowest BCUT2D eigenvalue weighted by Gasteiger charge is -2.33. The minimum absolute atomic E-state index is 0.0692. The highest BCUT2D eigenvalue weighted by Crippen LogP contribution is 2.32. The van der Waals surface area contributed by atoms with Crippen molar-refractivity contribution in [2.45, 2.75) is 58.0 Å². The third-order valence-electron chi connectivity index (χ3n) is 4.51. The molecule has 0 spiro atoms. The van der Waals surface area contributed by atoms with E-state index in [0.29, 0.717) is 22.7 Å². The van der Waals surface area contributed by atoms with Crippen molar-refractivity contribution in [2.75, 3.05) is 11.1 Å². The van der Waals surface area contributed by atoms with E-state index in [1.807, 2.05) is 0 Å². The Morgan fingerprint density at radius 1 is 1.29 bits per heavy atom. The van der Waals surface area contributed by atoms with E-state index in [0.717, 1.165) is 17.5 Å². The average molecular weight is 308 g/mol. The first-order valence-corrected chi connectivity index (χ1v) is 8.68. The summed E-state index contributed by atoms with van der Waals surface area (Å²) >= 11 is 1.37. The molecule has 1 aromatic heterocycles. The van der Waals surface area contributed by atoms with Gasteiger partial charge in [-0.3, -0.25) is 4.79 Å². The zero-order chi connectivity index (χ0) is 15.0. The summed E-state index contributed by atoms with van der Waals surface area (Å²) in [6.07, 6.45) is 5.77. The molecule has 3 atom stereocenters. The average Bonchev–Trinajstić information content (AvgIpc) is 3.15. The SMILES string of the molecule is CC1CCC(NC(=O)c2sc(NC3CC3)nc2N)C(C)C1. The monoisotopic (exact) mass is 308 g/mol. The minimum Gasteiger partial charge on any atom is -0.382 e. The molecule has 2 aliphatic rings. The molecule has 116 valence electrons. The topological polar surface area (TPSA) is 80.0 Å². The molecule has 5 nitrogen and oxygen atoms in total. The van der Waals surface area contributed by atoms with Crippen molar-refractivity contribution in [2.24, 2.45) is 11.8 Å². The molecule has 3 unspecified atom stereocenters. The molecule has 1 heterocycles. The summed E-state index contributed by atoms with van der Waals surface area (Å²) in [4.78, 5) is 17.2. The smallest absolute Gasteiger partial charge is 0.265 e. The number of hydrogen-bond donors (Lipinski definition) is 3. The first kappa shape index (κ1) is 14.6. The van der Waals surface area contributed by atoms with E-state index in [-0.39, 0.29) is 11.9 Å². The third-order valence-corrected chi connectivity index (χ3v) is 5.51. The second-order valence-corrected chi connectivity index (χ2v) is 7.63. The fraction of sp³-hybridized carbons (Fsp3) is 0.733. The zero-order valence-electron chi connectivity index (χ0n) is 12.7. The predicted octanol–water partition coefficient (Wildman–Crippen LogP) is 2.85. The fourth-order valence-electron chi connectivity index (χ4n) is 3.07. The van der Waals surface area contributed by atoms with Gasteiger partial charge in [0, 0.05) is 12.1 Å². The number of aromatic nitrogens is 1. The van der Waals surface area contributed by atoms with E-state index in [9.17, 15) is 4.79 Å². The number of carbonyl (C=O) groups excluding carboxylic acids is 1. The van der Waals surface area contributed by atoms with E-state index in [1.165, 1.54) is 37.0 Å². The zero-order valence-corrected chi connectivity index (χ0v) is 13.5. The maximum Gasteiger partial charge on any atom is 0.265 e. The van der Waals surface area contributed by atoms with E-state index in [2.05, 4.69) is 29.5 Å². The van der Waals surface area contributed by atoms with Crippen LogP contribution in [0.4, 0.5) is 10.9 Å². The van der Waals surface area contributed by atoms with Crippen molar-refractivity contribution in [1.82, 2.24) is 10.3 Å². The van der Waals surface area contributed by atoms with Crippen molar-refractivity contribution >= 4 is 28.2 Å². The molecule has 0 bridgehead atoms. The van der Waals surface area contributed by atoms with Gasteiger partial charge in [0.2, 0.25) is 0 Å². The van der Waals surface area contributed by atoms with Gasteiger partial charge in [-0.2, -0.15) is 0 Å². The summed E-state index contributed by atoms with van der Waals surface area (Å²) in [5, 5.41) is 7.22. The van der Waals surface area contributed by atoms with Crippen molar-refractivity contribution in [3.8, 4) is 0 Å². The van der Waals surface area contributed by atoms with E-state index in [1.54, 1.807) is 0 Å². The maximum absolute atomic E-state index is 12.4. The van der Waals surface area contributed by atoms with Crippen LogP contribution >= 0.6 is 11.3 Å². The number of amides is 1. The minimum atomic E-state index is -0.0692. The van der Waals surface area contributed by atoms with Crippen LogP contribution in [0.1, 0.15) is 55.6 Å². The highest BCUT2D eigenvalue weighted by molar-refractivity contribution is 7.18. The van der Waals surface area contributed by atoms with Crippen molar-refractivity contribution in [3.63, 3.8) is 0 Å². The van der Waals surface area contributed by atoms with Gasteiger partial charge < -0.3 is 16.4 Å². The van der Waals surface area contributed by atoms with Gasteiger partial charge in [-0.05, 0) is 43.9 Å². The Balaban J connectivity index is 1.63. The molecule has 1 amide bonds. The Morgan fingerprint density at radius 3 is 2.71 bits per heavy atom. The van der Waals surface area contributed by atoms with Crippen LogP contribution in [0.25, 0.3) is 0 Å². The number of thiazole rings is 1. The van der Waals surface area contributed by atoms with Crippen LogP contribution < -0.4 is 16.4 Å². The van der Waals surface area contributed by atoms with Gasteiger partial charge in [-0.1, -0.05) is 25.2 Å². The van der Waals surface area contributed by atoms with Crippen LogP contribution in [-0.2, 0) is 0 Å². The van der Waals surface area contributed by atoms with E-state index >= 15 is 0 Å². The first-order valence-electron chi connectivity index (χ1n) is 7.86. The second kappa shape index (κ2) is 5.83. The quantitative estimate of drug-likeness (QED) is 0.799. The van der Waals surface area contributed by atoms with E-state index < -0.39 is 0 Å². The summed E-state index contributed by atoms with van der Waals surface area (Å²) in [5.74, 6) is 1.56. The lowest BCUT2D eigenvalue weighted by Crippen LogP contribution is -2.42. The lowest BCUT2D eigenvalue weighted by atomic mass is 9.80. The van der Waals surface area contributed by atoms with Crippen LogP contribution in [-0.4, -0.2) is 23.0 Å². The van der Waals surface area contributed by atoms with Gasteiger partial charge in [0.1, 0.15) is 10.7 Å². The molecule has 21 heavy (non-hydrogen) atoms. The number of carbonyl (C=O) groups is 1. The summed E-state index contributed by atoms with van der Waals surface area (Å²) < 4.78 is 0. The number of nitrogen functional groups attached to an aromatic ring is 1. The Hall–Kier alpha value is -1.30. The van der Waals surface area contributed by atoms with E-state index in [4.69, 9.17) is 5.73 Å². The Labute approximate surface area is 129 Å². The summed E-state index contributed by atoms with van der Waals surface area (Å²) in [5.41, 5.74) is 5.90. The van der Waals surface area contributed by atoms with Crippen molar-refractivity contribution in [1.29, 1.82) is 0 Å². The predicted molar refractivity (Wildman–Crippen MR) is 86.6 cm³/mol. The van der Waals surface area contributed by atoms with Gasteiger partial charge >= 0.3 is 0 Å². The number of hydrogen-bond acceptors (Lipinski definition) is 5. The summed E-state index contributed by atoms with van der Waals surface area (Å²) in [7, 11) is 0. The Morgan fingerprint density at radius 2 is 2.05 bits per heavy atom. The van der Waals surface area contributed by atoms with Crippen LogP contribution in [0.2, 0.25) is 0 Å². The summed E-state index contributed by atoms with van der Waals surface area (Å²) in [6.45, 7) is 4.50. The highest BCUT2D eigenvalue weighted by atomic mass is 32.1. The molecule has 0 saturated heterocycles. The lowest BCUT2D eigenvalue weighted by molar-refractivity contribution is 0.0904. The van der Waals surface area contributed by atoms with Crippen LogP contribution in [0.3, 0.4) is 0 Å². The standard InChI is InChI=1S/C15H24N4OS/c1-8-3-6-11(9(2)7-8)18-14(20)12-13(16)19-15(21-12)17-10-4-5-10/h8-11H,3-7,16H2,1-2H3,(H,17,19)(H,18,20). The molecule has 4 N–H and O–H groups in total. The third kappa shape index (κ3) is 3.48. The molecule has 2 fully saturated rings. The van der Waals surface area contributed by atoms with Gasteiger partial charge in [0.05, 0.1) is 0 Å². The van der Waals surface area contributed by atoms with Gasteiger partial charge in [0.25, 0.3) is 5.91 Å². The molecule has 1 aromatic rings. The molecule has 0 radical (unpaired) electrons. The molecular weight excluding hydrogens is 284 g/mol. The van der Waals surface area contributed by atoms with Crippen molar-refractivity contribution < 1.29 is 4.79 Å². The highest BCUT2D eigenvalue weighted by Gasteiger charge is 2.29. The maximum atomic E-state index is 12.4. The molecule has 0 aromatic carbocycles. The van der Waals surface area contributed by atoms with Crippen LogP contribution in [0.5, 0.6) is 0 Å². The first-order chi connectivity index (χ1) is 10.0. The largest absolute Gasteiger partial charge is 0.382 e. The molecule has 2 saturated carbocycles. The molecule has 6 heteroatoms. The number of rotatable bonds is 4. The van der Waals surface area contributed by atoms with Crippen LogP contribution in [0.15, 0.2) is 0 Å². The molecule has 3 rings (SSSR count). The van der Waals surface area contributed by atoms with Gasteiger partial charge in [-0.15, -0.1) is 0 Å². The fourth-order valence-corrected chi connectivity index (χ4v) is 3.94. The second-order valence-electron chi connectivity index (χ2n) is 6.63. The molecule has 0 aliphatic heterocycles. The van der Waals surface area contributed by atoms with Gasteiger partial charge in [-0.25, -0.2) is 4.98 Å². The van der Waals surface area contributed by atoms with Crippen molar-refractivity contribution in [3.05, 3.63) is 4.88 Å². The normalized spacial score (nSPS) is 29.1. The number of nitrogens with zero attached hydrogens (tertiary/aromatic N) is 1. The Kier molecular flexibility index (Phi) is 4.06. The van der Waals surface area contributed by atoms with Crippen LogP contribution in [0, 0.1) is 11.8 Å². The number of nitrogens with one attached hydrogen (secondary N) is 2. The number of anilines is 2. The summed E-state index contributed by atoms with van der Waals surface area (Å²) in [6, 6.07) is 0.779. The molecule has 2 aliphatic carbocycles.